The van der Waals surface area contributed by atoms with E-state index in [0.29, 0.717) is 12.2 Å². The zero-order valence-corrected chi connectivity index (χ0v) is 12.0. The minimum absolute atomic E-state index is 0.0576. The lowest BCUT2D eigenvalue weighted by atomic mass is 10.1. The van der Waals surface area contributed by atoms with Crippen LogP contribution in [0.1, 0.15) is 19.3 Å². The Labute approximate surface area is 122 Å². The van der Waals surface area contributed by atoms with E-state index in [4.69, 9.17) is 5.14 Å². The molecule has 2 unspecified atom stereocenters. The lowest BCUT2D eigenvalue weighted by Crippen LogP contribution is -2.22. The van der Waals surface area contributed by atoms with Crippen LogP contribution >= 0.6 is 0 Å². The van der Waals surface area contributed by atoms with Crippen molar-refractivity contribution in [1.29, 1.82) is 0 Å². The molecule has 1 fully saturated rings. The van der Waals surface area contributed by atoms with Gasteiger partial charge in [0, 0.05) is 30.3 Å². The maximum absolute atomic E-state index is 11.4. The highest BCUT2D eigenvalue weighted by atomic mass is 32.2. The summed E-state index contributed by atoms with van der Waals surface area (Å²) >= 11 is 0. The van der Waals surface area contributed by atoms with Gasteiger partial charge >= 0.3 is 0 Å². The Morgan fingerprint density at radius 1 is 1.38 bits per heavy atom. The topological polar surface area (TPSA) is 136 Å². The molecule has 4 N–H and O–H groups in total. The molecule has 1 saturated carbocycles. The number of primary sulfonamides is 1. The molecule has 0 radical (unpaired) electrons. The number of aliphatic hydroxyl groups is 1. The van der Waals surface area contributed by atoms with Gasteiger partial charge in [0.25, 0.3) is 5.69 Å². The number of nitro groups is 1. The van der Waals surface area contributed by atoms with E-state index >= 15 is 0 Å². The lowest BCUT2D eigenvalue weighted by molar-refractivity contribution is -0.385. The smallest absolute Gasteiger partial charge is 0.272 e. The second-order valence-corrected chi connectivity index (χ2v) is 6.72. The Hall–Kier alpha value is -1.71. The average molecular weight is 315 g/mol. The third-order valence-corrected chi connectivity index (χ3v) is 4.51. The number of aliphatic hydroxyl groups excluding tert-OH is 1. The van der Waals surface area contributed by atoms with Crippen molar-refractivity contribution in [3.8, 4) is 0 Å². The fraction of sp³-hybridized carbons (Fsp3) is 0.500. The van der Waals surface area contributed by atoms with Crippen molar-refractivity contribution in [2.45, 2.75) is 30.3 Å². The van der Waals surface area contributed by atoms with Crippen LogP contribution in [0, 0.1) is 16.0 Å². The predicted octanol–water partition coefficient (Wildman–Crippen LogP) is 0.815. The molecule has 1 aliphatic rings. The molecule has 0 saturated heterocycles. The molecule has 0 aliphatic heterocycles. The van der Waals surface area contributed by atoms with E-state index < -0.39 is 21.1 Å². The highest BCUT2D eigenvalue weighted by Gasteiger charge is 2.25. The van der Waals surface area contributed by atoms with Crippen LogP contribution in [-0.2, 0) is 10.0 Å². The van der Waals surface area contributed by atoms with Crippen molar-refractivity contribution in [3.05, 3.63) is 28.3 Å². The molecule has 116 valence electrons. The standard InChI is InChI=1S/C12H17N3O5S/c13-21(19,20)11-5-9(4-10(6-11)15(17)18)14-7-8-2-1-3-12(8)16/h4-6,8,12,14,16H,1-3,7H2,(H2,13,19,20). The summed E-state index contributed by atoms with van der Waals surface area (Å²) in [6.45, 7) is 0.423. The summed E-state index contributed by atoms with van der Waals surface area (Å²) in [7, 11) is -4.02. The average Bonchev–Trinajstić information content (AvgIpc) is 2.80. The van der Waals surface area contributed by atoms with Crippen LogP contribution in [0.15, 0.2) is 23.1 Å². The van der Waals surface area contributed by atoms with Gasteiger partial charge in [-0.15, -0.1) is 0 Å². The monoisotopic (exact) mass is 315 g/mol. The van der Waals surface area contributed by atoms with Gasteiger partial charge in [-0.1, -0.05) is 6.42 Å². The molecule has 9 heteroatoms. The summed E-state index contributed by atoms with van der Waals surface area (Å²) in [6, 6.07) is 3.42. The molecule has 2 rings (SSSR count). The van der Waals surface area contributed by atoms with Gasteiger partial charge in [0.15, 0.2) is 0 Å². The third kappa shape index (κ3) is 3.90. The highest BCUT2D eigenvalue weighted by Crippen LogP contribution is 2.27. The van der Waals surface area contributed by atoms with Crippen molar-refractivity contribution in [3.63, 3.8) is 0 Å². The maximum Gasteiger partial charge on any atom is 0.272 e. The predicted molar refractivity (Wildman–Crippen MR) is 76.3 cm³/mol. The first-order valence-corrected chi connectivity index (χ1v) is 8.06. The molecule has 8 nitrogen and oxygen atoms in total. The van der Waals surface area contributed by atoms with Crippen LogP contribution in [-0.4, -0.2) is 31.1 Å². The normalized spacial score (nSPS) is 22.2. The number of non-ortho nitro benzene ring substituents is 1. The molecule has 1 aromatic rings. The van der Waals surface area contributed by atoms with E-state index in [0.717, 1.165) is 25.3 Å². The number of hydrogen-bond donors (Lipinski definition) is 3. The third-order valence-electron chi connectivity index (χ3n) is 3.62. The first-order valence-electron chi connectivity index (χ1n) is 6.51. The molecule has 2 atom stereocenters. The number of rotatable bonds is 5. The molecular formula is C12H17N3O5S. The molecule has 0 bridgehead atoms. The molecule has 21 heavy (non-hydrogen) atoms. The number of nitro benzene ring substituents is 1. The van der Waals surface area contributed by atoms with E-state index in [9.17, 15) is 23.6 Å². The zero-order valence-electron chi connectivity index (χ0n) is 11.2. The molecule has 0 heterocycles. The summed E-state index contributed by atoms with van der Waals surface area (Å²) < 4.78 is 22.7. The number of nitrogens with zero attached hydrogens (tertiary/aromatic N) is 1. The molecule has 0 aromatic heterocycles. The van der Waals surface area contributed by atoms with Gasteiger partial charge in [0.05, 0.1) is 15.9 Å². The van der Waals surface area contributed by atoms with Crippen LogP contribution in [0.2, 0.25) is 0 Å². The van der Waals surface area contributed by atoms with Crippen molar-refractivity contribution in [1.82, 2.24) is 0 Å². The molecular weight excluding hydrogens is 298 g/mol. The second-order valence-electron chi connectivity index (χ2n) is 5.16. The highest BCUT2D eigenvalue weighted by molar-refractivity contribution is 7.89. The molecule has 1 aliphatic carbocycles. The molecule has 0 spiro atoms. The van der Waals surface area contributed by atoms with Gasteiger partial charge in [-0.3, -0.25) is 10.1 Å². The van der Waals surface area contributed by atoms with E-state index in [1.165, 1.54) is 12.1 Å². The summed E-state index contributed by atoms with van der Waals surface area (Å²) in [6.07, 6.45) is 2.15. The minimum atomic E-state index is -4.02. The van der Waals surface area contributed by atoms with Crippen LogP contribution in [0.5, 0.6) is 0 Å². The Morgan fingerprint density at radius 3 is 2.62 bits per heavy atom. The van der Waals surface area contributed by atoms with Crippen LogP contribution < -0.4 is 10.5 Å². The van der Waals surface area contributed by atoms with Crippen molar-refractivity contribution < 1.29 is 18.4 Å². The first-order chi connectivity index (χ1) is 9.77. The number of benzene rings is 1. The van der Waals surface area contributed by atoms with Gasteiger partial charge in [-0.25, -0.2) is 13.6 Å². The van der Waals surface area contributed by atoms with Crippen LogP contribution in [0.4, 0.5) is 11.4 Å². The Morgan fingerprint density at radius 2 is 2.10 bits per heavy atom. The summed E-state index contributed by atoms with van der Waals surface area (Å²) in [5, 5.41) is 28.5. The van der Waals surface area contributed by atoms with Gasteiger partial charge in [0.1, 0.15) is 0 Å². The summed E-state index contributed by atoms with van der Waals surface area (Å²) in [4.78, 5) is 9.86. The minimum Gasteiger partial charge on any atom is -0.393 e. The Bertz CT molecular complexity index is 646. The molecule has 1 aromatic carbocycles. The molecule has 0 amide bonds. The number of hydrogen-bond acceptors (Lipinski definition) is 6. The lowest BCUT2D eigenvalue weighted by Gasteiger charge is -2.16. The van der Waals surface area contributed by atoms with E-state index in [-0.39, 0.29) is 16.5 Å². The van der Waals surface area contributed by atoms with E-state index in [2.05, 4.69) is 5.32 Å². The van der Waals surface area contributed by atoms with E-state index in [1.807, 2.05) is 0 Å². The van der Waals surface area contributed by atoms with Gasteiger partial charge in [-0.2, -0.15) is 0 Å². The maximum atomic E-state index is 11.4. The van der Waals surface area contributed by atoms with Crippen LogP contribution in [0.3, 0.4) is 0 Å². The Balaban J connectivity index is 2.22. The number of sulfonamides is 1. The second kappa shape index (κ2) is 5.96. The van der Waals surface area contributed by atoms with Crippen molar-refractivity contribution >= 4 is 21.4 Å². The fourth-order valence-corrected chi connectivity index (χ4v) is 3.04. The summed E-state index contributed by atoms with van der Waals surface area (Å²) in [5.41, 5.74) is -0.0525. The van der Waals surface area contributed by atoms with Gasteiger partial charge < -0.3 is 10.4 Å². The number of anilines is 1. The largest absolute Gasteiger partial charge is 0.393 e. The quantitative estimate of drug-likeness (QED) is 0.543. The van der Waals surface area contributed by atoms with E-state index in [1.54, 1.807) is 0 Å². The van der Waals surface area contributed by atoms with Crippen molar-refractivity contribution in [2.24, 2.45) is 11.1 Å². The Kier molecular flexibility index (Phi) is 4.45. The summed E-state index contributed by atoms with van der Waals surface area (Å²) in [5.74, 6) is 0.0576. The first kappa shape index (κ1) is 15.7. The van der Waals surface area contributed by atoms with Crippen LogP contribution in [0.25, 0.3) is 0 Å². The van der Waals surface area contributed by atoms with Crippen molar-refractivity contribution in [2.75, 3.05) is 11.9 Å². The van der Waals surface area contributed by atoms with Gasteiger partial charge in [-0.05, 0) is 18.9 Å². The fourth-order valence-electron chi connectivity index (χ4n) is 2.46. The zero-order chi connectivity index (χ0) is 15.6. The number of nitrogens with one attached hydrogen (secondary N) is 1. The number of nitrogens with two attached hydrogens (primary N) is 1. The van der Waals surface area contributed by atoms with Gasteiger partial charge in [0.2, 0.25) is 10.0 Å². The SMILES string of the molecule is NS(=O)(=O)c1cc(NCC2CCCC2O)cc([N+](=O)[O-])c1.